The fourth-order valence-corrected chi connectivity index (χ4v) is 2.32. The van der Waals surface area contributed by atoms with Gasteiger partial charge in [-0.3, -0.25) is 4.79 Å². The highest BCUT2D eigenvalue weighted by molar-refractivity contribution is 5.69. The lowest BCUT2D eigenvalue weighted by Gasteiger charge is -2.17. The molecule has 0 aromatic heterocycles. The van der Waals surface area contributed by atoms with E-state index in [1.165, 1.54) is 6.07 Å². The topological polar surface area (TPSA) is 46.5 Å². The maximum absolute atomic E-state index is 13.4. The summed E-state index contributed by atoms with van der Waals surface area (Å²) in [6.45, 7) is 1.67. The van der Waals surface area contributed by atoms with Crippen molar-refractivity contribution in [2.75, 3.05) is 7.11 Å². The summed E-state index contributed by atoms with van der Waals surface area (Å²) in [4.78, 5) is 11.1. The third-order valence-electron chi connectivity index (χ3n) is 3.48. The van der Waals surface area contributed by atoms with E-state index < -0.39 is 5.97 Å². The van der Waals surface area contributed by atoms with E-state index in [1.807, 2.05) is 12.1 Å². The summed E-state index contributed by atoms with van der Waals surface area (Å²) in [6.07, 6.45) is -0.0442. The Hall–Kier alpha value is -2.36. The lowest BCUT2D eigenvalue weighted by molar-refractivity contribution is -0.137. The number of aryl methyl sites for hydroxylation is 1. The van der Waals surface area contributed by atoms with Gasteiger partial charge in [0.1, 0.15) is 11.6 Å². The normalized spacial score (nSPS) is 12.0. The molecule has 3 nitrogen and oxygen atoms in total. The van der Waals surface area contributed by atoms with Crippen LogP contribution in [0.15, 0.2) is 42.5 Å². The van der Waals surface area contributed by atoms with Crippen LogP contribution in [0.3, 0.4) is 0 Å². The van der Waals surface area contributed by atoms with Gasteiger partial charge in [-0.05, 0) is 41.8 Å². The van der Waals surface area contributed by atoms with Crippen LogP contribution in [-0.2, 0) is 4.79 Å². The molecule has 2 rings (SSSR count). The molecule has 0 aliphatic heterocycles. The van der Waals surface area contributed by atoms with Crippen molar-refractivity contribution in [1.29, 1.82) is 0 Å². The number of halogens is 1. The predicted octanol–water partition coefficient (Wildman–Crippen LogP) is 3.75. The molecule has 0 bridgehead atoms. The maximum Gasteiger partial charge on any atom is 0.304 e. The van der Waals surface area contributed by atoms with Gasteiger partial charge in [-0.1, -0.05) is 24.3 Å². The van der Waals surface area contributed by atoms with Crippen molar-refractivity contribution in [1.82, 2.24) is 0 Å². The number of carboxylic acid groups (broad SMARTS) is 1. The molecule has 0 aliphatic carbocycles. The van der Waals surface area contributed by atoms with E-state index in [0.29, 0.717) is 11.3 Å². The van der Waals surface area contributed by atoms with Crippen LogP contribution < -0.4 is 4.74 Å². The Labute approximate surface area is 123 Å². The lowest BCUT2D eigenvalue weighted by atomic mass is 9.88. The highest BCUT2D eigenvalue weighted by Gasteiger charge is 2.18. The number of carbonyl (C=O) groups is 1. The minimum Gasteiger partial charge on any atom is -0.497 e. The van der Waals surface area contributed by atoms with Crippen molar-refractivity contribution in [3.63, 3.8) is 0 Å². The quantitative estimate of drug-likeness (QED) is 0.911. The average Bonchev–Trinajstić information content (AvgIpc) is 2.48. The molecule has 0 amide bonds. The number of rotatable bonds is 5. The SMILES string of the molecule is COc1ccc(C(CC(=O)O)c2ccc(F)c(C)c2)cc1. The molecule has 0 saturated carbocycles. The Morgan fingerprint density at radius 1 is 1.19 bits per heavy atom. The first-order chi connectivity index (χ1) is 10.0. The number of carboxylic acids is 1. The van der Waals surface area contributed by atoms with Gasteiger partial charge < -0.3 is 9.84 Å². The highest BCUT2D eigenvalue weighted by atomic mass is 19.1. The summed E-state index contributed by atoms with van der Waals surface area (Å²) in [5.74, 6) is -0.781. The number of methoxy groups -OCH3 is 1. The summed E-state index contributed by atoms with van der Waals surface area (Å²) in [5, 5.41) is 9.13. The molecule has 0 saturated heterocycles. The van der Waals surface area contributed by atoms with Crippen LogP contribution in [0.4, 0.5) is 4.39 Å². The number of benzene rings is 2. The van der Waals surface area contributed by atoms with E-state index in [9.17, 15) is 9.18 Å². The van der Waals surface area contributed by atoms with E-state index in [-0.39, 0.29) is 18.2 Å². The van der Waals surface area contributed by atoms with E-state index in [2.05, 4.69) is 0 Å². The summed E-state index contributed by atoms with van der Waals surface area (Å²) in [6, 6.07) is 12.0. The third-order valence-corrected chi connectivity index (χ3v) is 3.48. The van der Waals surface area contributed by atoms with Gasteiger partial charge in [0.15, 0.2) is 0 Å². The van der Waals surface area contributed by atoms with Crippen molar-refractivity contribution in [2.24, 2.45) is 0 Å². The summed E-state index contributed by atoms with van der Waals surface area (Å²) < 4.78 is 18.5. The van der Waals surface area contributed by atoms with Crippen molar-refractivity contribution in [3.8, 4) is 5.75 Å². The van der Waals surface area contributed by atoms with Crippen molar-refractivity contribution < 1.29 is 19.0 Å². The van der Waals surface area contributed by atoms with E-state index in [4.69, 9.17) is 9.84 Å². The molecule has 0 aliphatic rings. The van der Waals surface area contributed by atoms with Gasteiger partial charge in [-0.15, -0.1) is 0 Å². The van der Waals surface area contributed by atoms with Gasteiger partial charge in [0.05, 0.1) is 13.5 Å². The van der Waals surface area contributed by atoms with Gasteiger partial charge in [0.2, 0.25) is 0 Å². The van der Waals surface area contributed by atoms with Crippen LogP contribution in [0.5, 0.6) is 5.75 Å². The zero-order chi connectivity index (χ0) is 15.4. The number of aliphatic carboxylic acids is 1. The van der Waals surface area contributed by atoms with Crippen LogP contribution in [0.25, 0.3) is 0 Å². The first-order valence-electron chi connectivity index (χ1n) is 6.63. The first kappa shape index (κ1) is 15.0. The Bertz CT molecular complexity index is 635. The minimum atomic E-state index is -0.891. The molecular formula is C17H17FO3. The Kier molecular flexibility index (Phi) is 4.58. The van der Waals surface area contributed by atoms with Crippen LogP contribution in [-0.4, -0.2) is 18.2 Å². The Morgan fingerprint density at radius 2 is 1.81 bits per heavy atom. The van der Waals surface area contributed by atoms with Gasteiger partial charge in [-0.25, -0.2) is 4.39 Å². The molecular weight excluding hydrogens is 271 g/mol. The molecule has 2 aromatic carbocycles. The standard InChI is InChI=1S/C17H17FO3/c1-11-9-13(5-8-16(11)18)15(10-17(19)20)12-3-6-14(21-2)7-4-12/h3-9,15H,10H2,1-2H3,(H,19,20). The first-order valence-corrected chi connectivity index (χ1v) is 6.63. The van der Waals surface area contributed by atoms with Gasteiger partial charge in [-0.2, -0.15) is 0 Å². The van der Waals surface area contributed by atoms with Gasteiger partial charge in [0, 0.05) is 5.92 Å². The molecule has 21 heavy (non-hydrogen) atoms. The second-order valence-electron chi connectivity index (χ2n) is 4.93. The van der Waals surface area contributed by atoms with Crippen molar-refractivity contribution in [3.05, 3.63) is 65.0 Å². The highest BCUT2D eigenvalue weighted by Crippen LogP contribution is 2.30. The Balaban J connectivity index is 2.41. The smallest absolute Gasteiger partial charge is 0.304 e. The fraction of sp³-hybridized carbons (Fsp3) is 0.235. The molecule has 0 radical (unpaired) electrons. The fourth-order valence-electron chi connectivity index (χ4n) is 2.32. The van der Waals surface area contributed by atoms with Crippen LogP contribution in [0, 0.1) is 12.7 Å². The van der Waals surface area contributed by atoms with Crippen molar-refractivity contribution in [2.45, 2.75) is 19.3 Å². The van der Waals surface area contributed by atoms with Crippen LogP contribution in [0.1, 0.15) is 29.0 Å². The zero-order valence-corrected chi connectivity index (χ0v) is 12.0. The number of hydrogen-bond donors (Lipinski definition) is 1. The predicted molar refractivity (Wildman–Crippen MR) is 78.2 cm³/mol. The lowest BCUT2D eigenvalue weighted by Crippen LogP contribution is -2.08. The van der Waals surface area contributed by atoms with Gasteiger partial charge >= 0.3 is 5.97 Å². The van der Waals surface area contributed by atoms with Crippen LogP contribution >= 0.6 is 0 Å². The summed E-state index contributed by atoms with van der Waals surface area (Å²) in [7, 11) is 1.58. The number of hydrogen-bond acceptors (Lipinski definition) is 2. The molecule has 0 fully saturated rings. The monoisotopic (exact) mass is 288 g/mol. The molecule has 1 unspecified atom stereocenters. The molecule has 4 heteroatoms. The van der Waals surface area contributed by atoms with Gasteiger partial charge in [0.25, 0.3) is 0 Å². The van der Waals surface area contributed by atoms with Crippen molar-refractivity contribution >= 4 is 5.97 Å². The molecule has 0 spiro atoms. The largest absolute Gasteiger partial charge is 0.497 e. The number of ether oxygens (including phenoxy) is 1. The molecule has 0 heterocycles. The molecule has 110 valence electrons. The average molecular weight is 288 g/mol. The third kappa shape index (κ3) is 3.60. The minimum absolute atomic E-state index is 0.0442. The summed E-state index contributed by atoms with van der Waals surface area (Å²) in [5.41, 5.74) is 2.17. The molecule has 1 N–H and O–H groups in total. The van der Waals surface area contributed by atoms with Crippen LogP contribution in [0.2, 0.25) is 0 Å². The zero-order valence-electron chi connectivity index (χ0n) is 12.0. The Morgan fingerprint density at radius 3 is 2.33 bits per heavy atom. The second kappa shape index (κ2) is 6.39. The van der Waals surface area contributed by atoms with E-state index in [0.717, 1.165) is 11.1 Å². The van der Waals surface area contributed by atoms with E-state index >= 15 is 0 Å². The molecule has 1 atom stereocenters. The maximum atomic E-state index is 13.4. The molecule has 2 aromatic rings. The second-order valence-corrected chi connectivity index (χ2v) is 4.93. The summed E-state index contributed by atoms with van der Waals surface area (Å²) >= 11 is 0. The van der Waals surface area contributed by atoms with E-state index in [1.54, 1.807) is 38.3 Å².